The van der Waals surface area contributed by atoms with Gasteiger partial charge in [0.25, 0.3) is 0 Å². The average molecular weight is 241 g/mol. The third kappa shape index (κ3) is 2.46. The van der Waals surface area contributed by atoms with E-state index in [0.29, 0.717) is 0 Å². The second-order valence-corrected chi connectivity index (χ2v) is 5.24. The number of hydrogen-bond acceptors (Lipinski definition) is 2. The van der Waals surface area contributed by atoms with E-state index in [0.717, 1.165) is 30.6 Å². The Balaban J connectivity index is 1.64. The highest BCUT2D eigenvalue weighted by Crippen LogP contribution is 2.36. The zero-order valence-corrected chi connectivity index (χ0v) is 10.7. The normalized spacial score (nSPS) is 22.1. The van der Waals surface area contributed by atoms with Crippen molar-refractivity contribution < 1.29 is 0 Å². The third-order valence-electron chi connectivity index (χ3n) is 3.78. The lowest BCUT2D eigenvalue weighted by Gasteiger charge is -2.05. The van der Waals surface area contributed by atoms with Crippen LogP contribution in [0.1, 0.15) is 18.9 Å². The maximum absolute atomic E-state index is 4.16. The van der Waals surface area contributed by atoms with Gasteiger partial charge in [-0.3, -0.25) is 5.10 Å². The van der Waals surface area contributed by atoms with Crippen LogP contribution in [-0.2, 0) is 6.54 Å². The molecule has 0 spiro atoms. The summed E-state index contributed by atoms with van der Waals surface area (Å²) in [4.78, 5) is 0. The first-order valence-electron chi connectivity index (χ1n) is 6.63. The molecule has 1 aromatic heterocycles. The molecular weight excluding hydrogens is 222 g/mol. The predicted octanol–water partition coefficient (Wildman–Crippen LogP) is 2.82. The maximum atomic E-state index is 4.16. The number of hydrogen-bond donors (Lipinski definition) is 2. The highest BCUT2D eigenvalue weighted by Gasteiger charge is 2.31. The summed E-state index contributed by atoms with van der Waals surface area (Å²) >= 11 is 0. The van der Waals surface area contributed by atoms with Crippen molar-refractivity contribution in [2.45, 2.75) is 19.9 Å². The molecule has 2 N–H and O–H groups in total. The fourth-order valence-corrected chi connectivity index (χ4v) is 2.38. The molecule has 3 heteroatoms. The monoisotopic (exact) mass is 241 g/mol. The Hall–Kier alpha value is -1.61. The summed E-state index contributed by atoms with van der Waals surface area (Å²) < 4.78 is 0. The van der Waals surface area contributed by atoms with Crippen LogP contribution >= 0.6 is 0 Å². The summed E-state index contributed by atoms with van der Waals surface area (Å²) in [6, 6.07) is 10.4. The lowest BCUT2D eigenvalue weighted by atomic mass is 10.1. The minimum atomic E-state index is 0.886. The summed E-state index contributed by atoms with van der Waals surface area (Å²) in [6.45, 7) is 4.34. The largest absolute Gasteiger partial charge is 0.312 e. The van der Waals surface area contributed by atoms with Gasteiger partial charge < -0.3 is 5.32 Å². The summed E-state index contributed by atoms with van der Waals surface area (Å²) in [7, 11) is 0. The van der Waals surface area contributed by atoms with Crippen molar-refractivity contribution in [1.82, 2.24) is 15.5 Å². The molecule has 1 aliphatic rings. The second-order valence-electron chi connectivity index (χ2n) is 5.24. The van der Waals surface area contributed by atoms with Crippen LogP contribution in [0.3, 0.4) is 0 Å². The summed E-state index contributed by atoms with van der Waals surface area (Å²) in [5.74, 6) is 1.80. The topological polar surface area (TPSA) is 40.7 Å². The highest BCUT2D eigenvalue weighted by atomic mass is 15.1. The lowest BCUT2D eigenvalue weighted by Crippen LogP contribution is -2.16. The Morgan fingerprint density at radius 3 is 2.83 bits per heavy atom. The van der Waals surface area contributed by atoms with Gasteiger partial charge in [0.1, 0.15) is 0 Å². The molecule has 1 aromatic carbocycles. The molecule has 3 rings (SSSR count). The maximum Gasteiger partial charge on any atom is 0.0695 e. The minimum absolute atomic E-state index is 0.886. The van der Waals surface area contributed by atoms with Crippen molar-refractivity contribution >= 4 is 0 Å². The van der Waals surface area contributed by atoms with Gasteiger partial charge in [-0.25, -0.2) is 0 Å². The molecular formula is C15H19N3. The van der Waals surface area contributed by atoms with Crippen LogP contribution in [0, 0.1) is 11.8 Å². The summed E-state index contributed by atoms with van der Waals surface area (Å²) in [6.07, 6.45) is 3.30. The Morgan fingerprint density at radius 1 is 1.33 bits per heavy atom. The van der Waals surface area contributed by atoms with E-state index < -0.39 is 0 Å². The van der Waals surface area contributed by atoms with Gasteiger partial charge in [0.05, 0.1) is 11.9 Å². The van der Waals surface area contributed by atoms with Crippen LogP contribution in [0.5, 0.6) is 0 Å². The van der Waals surface area contributed by atoms with Crippen molar-refractivity contribution in [3.05, 3.63) is 42.1 Å². The standard InChI is InChI=1S/C15H19N3/c1-11-7-13(11)8-16-9-14-10-17-18-15(14)12-5-3-2-4-6-12/h2-6,10-11,13,16H,7-9H2,1H3,(H,17,18). The first kappa shape index (κ1) is 11.5. The second kappa shape index (κ2) is 4.94. The molecule has 0 saturated heterocycles. The SMILES string of the molecule is CC1CC1CNCc1cn[nH]c1-c1ccccc1. The molecule has 0 amide bonds. The van der Waals surface area contributed by atoms with Crippen molar-refractivity contribution in [3.8, 4) is 11.3 Å². The molecule has 0 bridgehead atoms. The van der Waals surface area contributed by atoms with Gasteiger partial charge in [-0.1, -0.05) is 37.3 Å². The lowest BCUT2D eigenvalue weighted by molar-refractivity contribution is 0.612. The molecule has 2 atom stereocenters. The predicted molar refractivity (Wildman–Crippen MR) is 73.0 cm³/mol. The first-order chi connectivity index (χ1) is 8.84. The van der Waals surface area contributed by atoms with Crippen LogP contribution in [0.25, 0.3) is 11.3 Å². The van der Waals surface area contributed by atoms with E-state index in [-0.39, 0.29) is 0 Å². The molecule has 1 aliphatic carbocycles. The van der Waals surface area contributed by atoms with Gasteiger partial charge in [0, 0.05) is 12.1 Å². The van der Waals surface area contributed by atoms with Crippen LogP contribution in [0.15, 0.2) is 36.5 Å². The molecule has 94 valence electrons. The van der Waals surface area contributed by atoms with E-state index in [9.17, 15) is 0 Å². The Bertz CT molecular complexity index is 503. The van der Waals surface area contributed by atoms with E-state index in [2.05, 4.69) is 46.7 Å². The third-order valence-corrected chi connectivity index (χ3v) is 3.78. The van der Waals surface area contributed by atoms with Gasteiger partial charge in [-0.15, -0.1) is 0 Å². The number of H-pyrrole nitrogens is 1. The van der Waals surface area contributed by atoms with Crippen LogP contribution in [-0.4, -0.2) is 16.7 Å². The number of aromatic amines is 1. The molecule has 18 heavy (non-hydrogen) atoms. The minimum Gasteiger partial charge on any atom is -0.312 e. The number of rotatable bonds is 5. The van der Waals surface area contributed by atoms with Gasteiger partial charge in [0.15, 0.2) is 0 Å². The summed E-state index contributed by atoms with van der Waals surface area (Å²) in [5, 5.41) is 10.8. The van der Waals surface area contributed by atoms with Gasteiger partial charge >= 0.3 is 0 Å². The van der Waals surface area contributed by atoms with E-state index in [4.69, 9.17) is 0 Å². The van der Waals surface area contributed by atoms with E-state index in [1.807, 2.05) is 12.3 Å². The van der Waals surface area contributed by atoms with Crippen LogP contribution in [0.4, 0.5) is 0 Å². The smallest absolute Gasteiger partial charge is 0.0695 e. The quantitative estimate of drug-likeness (QED) is 0.845. The molecule has 0 radical (unpaired) electrons. The van der Waals surface area contributed by atoms with E-state index in [1.165, 1.54) is 17.5 Å². The highest BCUT2D eigenvalue weighted by molar-refractivity contribution is 5.62. The molecule has 1 heterocycles. The van der Waals surface area contributed by atoms with Gasteiger partial charge in [-0.2, -0.15) is 5.10 Å². The first-order valence-corrected chi connectivity index (χ1v) is 6.63. The van der Waals surface area contributed by atoms with Crippen molar-refractivity contribution in [2.24, 2.45) is 11.8 Å². The molecule has 1 saturated carbocycles. The Kier molecular flexibility index (Phi) is 3.15. The number of aromatic nitrogens is 2. The molecule has 3 nitrogen and oxygen atoms in total. The fourth-order valence-electron chi connectivity index (χ4n) is 2.38. The van der Waals surface area contributed by atoms with E-state index >= 15 is 0 Å². The van der Waals surface area contributed by atoms with Gasteiger partial charge in [-0.05, 0) is 30.4 Å². The van der Waals surface area contributed by atoms with Crippen molar-refractivity contribution in [2.75, 3.05) is 6.54 Å². The summed E-state index contributed by atoms with van der Waals surface area (Å²) in [5.41, 5.74) is 3.58. The van der Waals surface area contributed by atoms with E-state index in [1.54, 1.807) is 0 Å². The number of nitrogens with one attached hydrogen (secondary N) is 2. The zero-order chi connectivity index (χ0) is 12.4. The fraction of sp³-hybridized carbons (Fsp3) is 0.400. The molecule has 1 fully saturated rings. The number of nitrogens with zero attached hydrogens (tertiary/aromatic N) is 1. The average Bonchev–Trinajstić information content (AvgIpc) is 2.92. The van der Waals surface area contributed by atoms with Crippen molar-refractivity contribution in [3.63, 3.8) is 0 Å². The molecule has 2 aromatic rings. The molecule has 2 unspecified atom stereocenters. The van der Waals surface area contributed by atoms with Gasteiger partial charge in [0.2, 0.25) is 0 Å². The number of benzene rings is 1. The zero-order valence-electron chi connectivity index (χ0n) is 10.7. The Morgan fingerprint density at radius 2 is 2.11 bits per heavy atom. The molecule has 0 aliphatic heterocycles. The Labute approximate surface area is 108 Å². The van der Waals surface area contributed by atoms with Crippen molar-refractivity contribution in [1.29, 1.82) is 0 Å². The van der Waals surface area contributed by atoms with Crippen LogP contribution in [0.2, 0.25) is 0 Å². The van der Waals surface area contributed by atoms with Crippen LogP contribution < -0.4 is 5.32 Å².